The number of nitrogens with one attached hydrogen (secondary N) is 1. The maximum Gasteiger partial charge on any atom is 0.251 e. The van der Waals surface area contributed by atoms with Crippen molar-refractivity contribution in [1.29, 1.82) is 0 Å². The normalized spacial score (nSPS) is 17.1. The molecule has 3 heterocycles. The van der Waals surface area contributed by atoms with Gasteiger partial charge in [0, 0.05) is 24.2 Å². The summed E-state index contributed by atoms with van der Waals surface area (Å²) >= 11 is 0. The van der Waals surface area contributed by atoms with Crippen molar-refractivity contribution in [2.75, 3.05) is 5.73 Å². The number of hydrogen-bond acceptors (Lipinski definition) is 4. The fourth-order valence-corrected chi connectivity index (χ4v) is 5.43. The number of amides is 1. The van der Waals surface area contributed by atoms with E-state index in [-0.39, 0.29) is 23.9 Å². The molecule has 6 heteroatoms. The van der Waals surface area contributed by atoms with Gasteiger partial charge in [-0.15, -0.1) is 0 Å². The van der Waals surface area contributed by atoms with Crippen LogP contribution in [0.4, 0.5) is 10.2 Å². The minimum absolute atomic E-state index is 0.142. The lowest BCUT2D eigenvalue weighted by atomic mass is 9.84. The Morgan fingerprint density at radius 2 is 1.69 bits per heavy atom. The first-order valence-electron chi connectivity index (χ1n) is 12.1. The van der Waals surface area contributed by atoms with E-state index in [1.54, 1.807) is 6.07 Å². The topological polar surface area (TPSA) is 77.2 Å². The first-order valence-corrected chi connectivity index (χ1v) is 12.1. The summed E-state index contributed by atoms with van der Waals surface area (Å²) < 4.78 is 20.5. The quantitative estimate of drug-likeness (QED) is 0.398. The molecule has 36 heavy (non-hydrogen) atoms. The number of benzene rings is 3. The van der Waals surface area contributed by atoms with Crippen LogP contribution >= 0.6 is 0 Å². The molecule has 0 fully saturated rings. The molecule has 3 aromatic carbocycles. The highest BCUT2D eigenvalue weighted by atomic mass is 19.1. The average molecular weight is 480 g/mol. The monoisotopic (exact) mass is 479 g/mol. The molecule has 2 bridgehead atoms. The van der Waals surface area contributed by atoms with E-state index in [1.165, 1.54) is 6.07 Å². The minimum Gasteiger partial charge on any atom is -0.384 e. The Balaban J connectivity index is 1.21. The predicted octanol–water partition coefficient (Wildman–Crippen LogP) is 5.46. The molecule has 2 aliphatic heterocycles. The molecular formula is C30H26FN3O2. The zero-order chi connectivity index (χ0) is 25.0. The molecule has 6 rings (SSSR count). The van der Waals surface area contributed by atoms with Crippen LogP contribution in [0.25, 0.3) is 0 Å². The second-order valence-corrected chi connectivity index (χ2v) is 9.58. The predicted molar refractivity (Wildman–Crippen MR) is 136 cm³/mol. The van der Waals surface area contributed by atoms with Crippen LogP contribution in [0.1, 0.15) is 72.8 Å². The van der Waals surface area contributed by atoms with Gasteiger partial charge in [-0.05, 0) is 82.6 Å². The largest absolute Gasteiger partial charge is 0.384 e. The Hall–Kier alpha value is -4.03. The van der Waals surface area contributed by atoms with Crippen LogP contribution in [0.2, 0.25) is 0 Å². The van der Waals surface area contributed by atoms with Crippen LogP contribution < -0.4 is 11.1 Å². The van der Waals surface area contributed by atoms with Crippen LogP contribution in [0.5, 0.6) is 0 Å². The molecule has 1 aromatic heterocycles. The van der Waals surface area contributed by atoms with Gasteiger partial charge in [-0.1, -0.05) is 42.5 Å². The first kappa shape index (κ1) is 22.4. The van der Waals surface area contributed by atoms with Crippen molar-refractivity contribution < 1.29 is 13.9 Å². The lowest BCUT2D eigenvalue weighted by Gasteiger charge is -2.18. The Bertz CT molecular complexity index is 1510. The summed E-state index contributed by atoms with van der Waals surface area (Å²) in [7, 11) is 0. The molecule has 2 aliphatic rings. The minimum atomic E-state index is -0.193. The summed E-state index contributed by atoms with van der Waals surface area (Å²) in [4.78, 5) is 17.3. The Kier molecular flexibility index (Phi) is 5.34. The Labute approximate surface area is 209 Å². The van der Waals surface area contributed by atoms with Crippen molar-refractivity contribution in [1.82, 2.24) is 10.3 Å². The maximum absolute atomic E-state index is 14.1. The van der Waals surface area contributed by atoms with Crippen molar-refractivity contribution in [2.45, 2.75) is 39.0 Å². The third-order valence-corrected chi connectivity index (χ3v) is 7.25. The number of carbonyl (C=O) groups is 1. The molecule has 4 aromatic rings. The number of fused-ring (bicyclic) bond motifs is 8. The molecule has 0 spiro atoms. The number of hydrogen-bond donors (Lipinski definition) is 2. The van der Waals surface area contributed by atoms with Gasteiger partial charge in [0.05, 0.1) is 0 Å². The number of nitrogens with zero attached hydrogens (tertiary/aromatic N) is 1. The van der Waals surface area contributed by atoms with Gasteiger partial charge in [-0.25, -0.2) is 9.37 Å². The smallest absolute Gasteiger partial charge is 0.251 e. The number of pyridine rings is 1. The van der Waals surface area contributed by atoms with Crippen molar-refractivity contribution in [3.63, 3.8) is 0 Å². The third-order valence-electron chi connectivity index (χ3n) is 7.25. The molecule has 0 saturated heterocycles. The second-order valence-electron chi connectivity index (χ2n) is 9.58. The van der Waals surface area contributed by atoms with E-state index >= 15 is 0 Å². The van der Waals surface area contributed by atoms with Crippen molar-refractivity contribution in [2.24, 2.45) is 0 Å². The van der Waals surface area contributed by atoms with E-state index in [1.807, 2.05) is 56.3 Å². The van der Waals surface area contributed by atoms with Gasteiger partial charge in [-0.2, -0.15) is 0 Å². The number of anilines is 1. The lowest BCUT2D eigenvalue weighted by molar-refractivity contribution is 0.0857. The molecule has 180 valence electrons. The summed E-state index contributed by atoms with van der Waals surface area (Å²) in [5.74, 6) is 0.148. The SMILES string of the molecule is Cc1cc(N)nc(C)c1CNC(=O)c1ccc2c(c1)C1OC2c2cc(Cc3ccccc3F)ccc21. The van der Waals surface area contributed by atoms with Crippen molar-refractivity contribution >= 4 is 11.7 Å². The van der Waals surface area contributed by atoms with Crippen LogP contribution in [0, 0.1) is 19.7 Å². The lowest BCUT2D eigenvalue weighted by Crippen LogP contribution is -2.24. The van der Waals surface area contributed by atoms with Crippen LogP contribution in [-0.2, 0) is 17.7 Å². The highest BCUT2D eigenvalue weighted by molar-refractivity contribution is 5.94. The molecule has 0 aliphatic carbocycles. The maximum atomic E-state index is 14.1. The van der Waals surface area contributed by atoms with Gasteiger partial charge in [0.2, 0.25) is 0 Å². The highest BCUT2D eigenvalue weighted by Crippen LogP contribution is 2.54. The summed E-state index contributed by atoms with van der Waals surface area (Å²) in [6.45, 7) is 4.25. The average Bonchev–Trinajstić information content (AvgIpc) is 3.41. The summed E-state index contributed by atoms with van der Waals surface area (Å²) in [6, 6.07) is 20.7. The molecule has 2 unspecified atom stereocenters. The third kappa shape index (κ3) is 3.74. The van der Waals surface area contributed by atoms with Crippen LogP contribution in [0.15, 0.2) is 66.7 Å². The van der Waals surface area contributed by atoms with E-state index in [2.05, 4.69) is 22.4 Å². The van der Waals surface area contributed by atoms with E-state index < -0.39 is 0 Å². The number of rotatable bonds is 5. The van der Waals surface area contributed by atoms with Gasteiger partial charge >= 0.3 is 0 Å². The zero-order valence-corrected chi connectivity index (χ0v) is 20.1. The molecule has 1 amide bonds. The van der Waals surface area contributed by atoms with Gasteiger partial charge in [-0.3, -0.25) is 4.79 Å². The van der Waals surface area contributed by atoms with Crippen molar-refractivity contribution in [3.05, 3.63) is 128 Å². The molecule has 2 atom stereocenters. The van der Waals surface area contributed by atoms with Gasteiger partial charge in [0.25, 0.3) is 5.91 Å². The molecule has 3 N–H and O–H groups in total. The molecular weight excluding hydrogens is 453 g/mol. The fraction of sp³-hybridized carbons (Fsp3) is 0.200. The number of ether oxygens (including phenoxy) is 1. The Morgan fingerprint density at radius 3 is 2.44 bits per heavy atom. The standard InChI is InChI=1S/C30H26FN3O2/c1-16-11-27(32)34-17(2)25(16)15-33-30(35)20-8-10-22-24(14-20)29-21-9-7-18(13-23(21)28(22)36-29)12-19-5-3-4-6-26(19)31/h3-11,13-14,28-29H,12,15H2,1-2H3,(H2,32,34)(H,33,35). The summed E-state index contributed by atoms with van der Waals surface area (Å²) in [6.07, 6.45) is 0.177. The van der Waals surface area contributed by atoms with Gasteiger partial charge in [0.15, 0.2) is 0 Å². The van der Waals surface area contributed by atoms with Crippen LogP contribution in [-0.4, -0.2) is 10.9 Å². The highest BCUT2D eigenvalue weighted by Gasteiger charge is 2.43. The van der Waals surface area contributed by atoms with E-state index in [4.69, 9.17) is 10.5 Å². The summed E-state index contributed by atoms with van der Waals surface area (Å²) in [5, 5.41) is 3.01. The van der Waals surface area contributed by atoms with Gasteiger partial charge in [0.1, 0.15) is 23.8 Å². The number of nitrogen functional groups attached to an aromatic ring is 1. The van der Waals surface area contributed by atoms with Gasteiger partial charge < -0.3 is 15.8 Å². The summed E-state index contributed by atoms with van der Waals surface area (Å²) in [5.41, 5.74) is 15.3. The van der Waals surface area contributed by atoms with Crippen LogP contribution in [0.3, 0.4) is 0 Å². The molecule has 0 saturated carbocycles. The fourth-order valence-electron chi connectivity index (χ4n) is 5.43. The number of nitrogens with two attached hydrogens (primary N) is 1. The van der Waals surface area contributed by atoms with E-state index in [0.29, 0.717) is 29.9 Å². The van der Waals surface area contributed by atoms with E-state index in [9.17, 15) is 9.18 Å². The number of halogens is 1. The number of aromatic nitrogens is 1. The molecule has 0 radical (unpaired) electrons. The molecule has 5 nitrogen and oxygen atoms in total. The first-order chi connectivity index (χ1) is 17.4. The van der Waals surface area contributed by atoms with Crippen molar-refractivity contribution in [3.8, 4) is 0 Å². The second kappa shape index (κ2) is 8.57. The van der Waals surface area contributed by atoms with E-state index in [0.717, 1.165) is 44.6 Å². The number of carbonyl (C=O) groups excluding carboxylic acids is 1. The number of aryl methyl sites for hydroxylation is 2. The zero-order valence-electron chi connectivity index (χ0n) is 20.1. The Morgan fingerprint density at radius 1 is 0.972 bits per heavy atom.